The van der Waals surface area contributed by atoms with Crippen LogP contribution in [0.4, 0.5) is 18.9 Å². The van der Waals surface area contributed by atoms with E-state index in [1.165, 1.54) is 17.6 Å². The molecule has 2 aromatic carbocycles. The molecule has 0 bridgehead atoms. The number of rotatable bonds is 6. The van der Waals surface area contributed by atoms with Gasteiger partial charge in [0, 0.05) is 15.8 Å². The number of aromatic carboxylic acids is 1. The maximum atomic E-state index is 13.2. The molecule has 0 saturated heterocycles. The number of carbonyl (C=O) groups is 1. The molecule has 3 aromatic rings. The zero-order valence-corrected chi connectivity index (χ0v) is 16.5. The Morgan fingerprint density at radius 2 is 1.97 bits per heavy atom. The molecule has 29 heavy (non-hydrogen) atoms. The van der Waals surface area contributed by atoms with Gasteiger partial charge in [-0.05, 0) is 78.1 Å². The van der Waals surface area contributed by atoms with Gasteiger partial charge < -0.3 is 9.83 Å². The molecular weight excluding hydrogens is 421 g/mol. The number of halogens is 3. The SMILES string of the molecule is O=C(O)c1ccc(C2CC2)c(SNc2cc(C(F)(F)F)ccc2-c2ccsn2)c1. The van der Waals surface area contributed by atoms with Gasteiger partial charge in [0.05, 0.1) is 22.5 Å². The molecular formula is C20H15F3N2O2S2. The molecule has 0 aliphatic heterocycles. The predicted molar refractivity (Wildman–Crippen MR) is 107 cm³/mol. The average Bonchev–Trinajstić information content (AvgIpc) is 3.38. The lowest BCUT2D eigenvalue weighted by Crippen LogP contribution is -2.06. The van der Waals surface area contributed by atoms with Crippen LogP contribution in [-0.4, -0.2) is 15.4 Å². The Balaban J connectivity index is 1.69. The van der Waals surface area contributed by atoms with Crippen molar-refractivity contribution in [3.05, 3.63) is 64.5 Å². The van der Waals surface area contributed by atoms with E-state index in [2.05, 4.69) is 9.10 Å². The summed E-state index contributed by atoms with van der Waals surface area (Å²) in [5.74, 6) is -0.682. The van der Waals surface area contributed by atoms with Gasteiger partial charge in [-0.3, -0.25) is 0 Å². The number of carboxylic acids is 1. The summed E-state index contributed by atoms with van der Waals surface area (Å²) in [6, 6.07) is 10.1. The van der Waals surface area contributed by atoms with E-state index in [4.69, 9.17) is 0 Å². The molecule has 1 aliphatic rings. The van der Waals surface area contributed by atoms with Crippen molar-refractivity contribution in [3.63, 3.8) is 0 Å². The molecule has 1 saturated carbocycles. The van der Waals surface area contributed by atoms with E-state index in [1.807, 2.05) is 0 Å². The smallest absolute Gasteiger partial charge is 0.416 e. The number of hydrogen-bond acceptors (Lipinski definition) is 5. The second-order valence-electron chi connectivity index (χ2n) is 6.68. The van der Waals surface area contributed by atoms with E-state index >= 15 is 0 Å². The summed E-state index contributed by atoms with van der Waals surface area (Å²) in [5, 5.41) is 11.0. The monoisotopic (exact) mass is 436 g/mol. The first-order chi connectivity index (χ1) is 13.8. The second kappa shape index (κ2) is 7.72. The molecule has 150 valence electrons. The maximum absolute atomic E-state index is 13.2. The van der Waals surface area contributed by atoms with Gasteiger partial charge in [0.1, 0.15) is 0 Å². The van der Waals surface area contributed by atoms with Gasteiger partial charge in [0.15, 0.2) is 0 Å². The molecule has 1 aliphatic carbocycles. The lowest BCUT2D eigenvalue weighted by Gasteiger charge is -2.15. The van der Waals surface area contributed by atoms with Crippen molar-refractivity contribution in [2.75, 3.05) is 4.72 Å². The molecule has 9 heteroatoms. The fraction of sp³-hybridized carbons (Fsp3) is 0.200. The van der Waals surface area contributed by atoms with Gasteiger partial charge in [0.2, 0.25) is 0 Å². The standard InChI is InChI=1S/C20H15F3N2O2S2/c21-20(22,23)13-4-6-15(16-7-8-28-24-16)17(10-13)25-29-18-9-12(19(26)27)3-5-14(18)11-1-2-11/h3-11,25H,1-2H2,(H,26,27). The van der Waals surface area contributed by atoms with Crippen molar-refractivity contribution in [1.82, 2.24) is 4.37 Å². The van der Waals surface area contributed by atoms with Crippen LogP contribution in [0.15, 0.2) is 52.7 Å². The number of nitrogens with one attached hydrogen (secondary N) is 1. The van der Waals surface area contributed by atoms with Gasteiger partial charge in [-0.15, -0.1) is 0 Å². The minimum atomic E-state index is -4.47. The number of aromatic nitrogens is 1. The number of carboxylic acid groups (broad SMARTS) is 1. The summed E-state index contributed by atoms with van der Waals surface area (Å²) in [6.45, 7) is 0. The van der Waals surface area contributed by atoms with Crippen LogP contribution in [0.25, 0.3) is 11.3 Å². The highest BCUT2D eigenvalue weighted by Gasteiger charge is 2.31. The molecule has 1 heterocycles. The van der Waals surface area contributed by atoms with Crippen LogP contribution in [0.1, 0.15) is 40.2 Å². The maximum Gasteiger partial charge on any atom is 0.416 e. The molecule has 2 N–H and O–H groups in total. The van der Waals surface area contributed by atoms with Gasteiger partial charge >= 0.3 is 12.1 Å². The van der Waals surface area contributed by atoms with E-state index in [1.54, 1.807) is 29.6 Å². The first kappa shape index (κ1) is 19.8. The summed E-state index contributed by atoms with van der Waals surface area (Å²) < 4.78 is 46.9. The Hall–Kier alpha value is -2.52. The van der Waals surface area contributed by atoms with Crippen LogP contribution in [-0.2, 0) is 6.18 Å². The second-order valence-corrected chi connectivity index (χ2v) is 8.19. The highest BCUT2D eigenvalue weighted by molar-refractivity contribution is 8.00. The Labute approximate surface area is 173 Å². The summed E-state index contributed by atoms with van der Waals surface area (Å²) in [6.07, 6.45) is -2.43. The van der Waals surface area contributed by atoms with Crippen molar-refractivity contribution >= 4 is 35.1 Å². The third-order valence-corrected chi connectivity index (χ3v) is 6.06. The van der Waals surface area contributed by atoms with Gasteiger partial charge in [-0.1, -0.05) is 12.1 Å². The van der Waals surface area contributed by atoms with Crippen LogP contribution in [0.2, 0.25) is 0 Å². The van der Waals surface area contributed by atoms with E-state index in [9.17, 15) is 23.1 Å². The third kappa shape index (κ3) is 4.40. The van der Waals surface area contributed by atoms with Gasteiger partial charge in [-0.25, -0.2) is 4.79 Å². The van der Waals surface area contributed by atoms with E-state index in [0.717, 1.165) is 42.5 Å². The number of nitrogens with zero attached hydrogens (tertiary/aromatic N) is 1. The van der Waals surface area contributed by atoms with Crippen LogP contribution in [0, 0.1) is 0 Å². The average molecular weight is 436 g/mol. The zero-order chi connectivity index (χ0) is 20.6. The minimum Gasteiger partial charge on any atom is -0.478 e. The first-order valence-corrected chi connectivity index (χ1v) is 10.4. The third-order valence-electron chi connectivity index (χ3n) is 4.61. The van der Waals surface area contributed by atoms with Crippen LogP contribution < -0.4 is 4.72 Å². The predicted octanol–water partition coefficient (Wildman–Crippen LogP) is 6.52. The van der Waals surface area contributed by atoms with Crippen molar-refractivity contribution < 1.29 is 23.1 Å². The number of alkyl halides is 3. The topological polar surface area (TPSA) is 62.2 Å². The molecule has 0 unspecified atom stereocenters. The van der Waals surface area contributed by atoms with Crippen molar-refractivity contribution in [3.8, 4) is 11.3 Å². The summed E-state index contributed by atoms with van der Waals surface area (Å²) in [7, 11) is 0. The largest absolute Gasteiger partial charge is 0.478 e. The molecule has 1 aromatic heterocycles. The van der Waals surface area contributed by atoms with E-state index in [0.29, 0.717) is 22.1 Å². The fourth-order valence-corrected chi connectivity index (χ4v) is 4.43. The summed E-state index contributed by atoms with van der Waals surface area (Å²) in [4.78, 5) is 12.0. The van der Waals surface area contributed by atoms with Crippen molar-refractivity contribution in [2.24, 2.45) is 0 Å². The van der Waals surface area contributed by atoms with Crippen LogP contribution in [0.5, 0.6) is 0 Å². The van der Waals surface area contributed by atoms with Crippen molar-refractivity contribution in [1.29, 1.82) is 0 Å². The van der Waals surface area contributed by atoms with E-state index < -0.39 is 17.7 Å². The number of anilines is 1. The van der Waals surface area contributed by atoms with Crippen LogP contribution in [0.3, 0.4) is 0 Å². The van der Waals surface area contributed by atoms with Gasteiger partial charge in [-0.2, -0.15) is 17.5 Å². The van der Waals surface area contributed by atoms with E-state index in [-0.39, 0.29) is 11.3 Å². The quantitative estimate of drug-likeness (QED) is 0.431. The highest BCUT2D eigenvalue weighted by atomic mass is 32.2. The normalized spacial score (nSPS) is 14.0. The first-order valence-electron chi connectivity index (χ1n) is 8.75. The molecule has 0 amide bonds. The van der Waals surface area contributed by atoms with Crippen molar-refractivity contribution in [2.45, 2.75) is 29.8 Å². The summed E-state index contributed by atoms with van der Waals surface area (Å²) >= 11 is 2.34. The fourth-order valence-electron chi connectivity index (χ4n) is 2.98. The van der Waals surface area contributed by atoms with Gasteiger partial charge in [0.25, 0.3) is 0 Å². The molecule has 4 nitrogen and oxygen atoms in total. The molecule has 0 radical (unpaired) electrons. The minimum absolute atomic E-state index is 0.141. The molecule has 0 spiro atoms. The highest BCUT2D eigenvalue weighted by Crippen LogP contribution is 2.45. The Morgan fingerprint density at radius 1 is 1.17 bits per heavy atom. The molecule has 1 fully saturated rings. The Morgan fingerprint density at radius 3 is 2.59 bits per heavy atom. The number of benzene rings is 2. The Kier molecular flexibility index (Phi) is 5.26. The van der Waals surface area contributed by atoms with Crippen LogP contribution >= 0.6 is 23.5 Å². The Bertz CT molecular complexity index is 1050. The summed E-state index contributed by atoms with van der Waals surface area (Å²) in [5.41, 5.74) is 1.79. The molecule has 0 atom stereocenters. The lowest BCUT2D eigenvalue weighted by atomic mass is 10.1. The molecule has 4 rings (SSSR count). The number of hydrogen-bond donors (Lipinski definition) is 2. The lowest BCUT2D eigenvalue weighted by molar-refractivity contribution is -0.137. The zero-order valence-electron chi connectivity index (χ0n) is 14.9.